The van der Waals surface area contributed by atoms with E-state index in [9.17, 15) is 4.79 Å². The van der Waals surface area contributed by atoms with Crippen molar-refractivity contribution in [1.82, 2.24) is 5.32 Å². The number of rotatable bonds is 4. The van der Waals surface area contributed by atoms with Crippen LogP contribution in [0.4, 0.5) is 16.2 Å². The van der Waals surface area contributed by atoms with E-state index in [0.29, 0.717) is 12.2 Å². The van der Waals surface area contributed by atoms with Gasteiger partial charge in [0.25, 0.3) is 0 Å². The van der Waals surface area contributed by atoms with Crippen molar-refractivity contribution in [2.75, 3.05) is 24.2 Å². The Labute approximate surface area is 96.4 Å². The van der Waals surface area contributed by atoms with Gasteiger partial charge in [0.05, 0.1) is 0 Å². The maximum Gasteiger partial charge on any atom is 0.321 e. The summed E-state index contributed by atoms with van der Waals surface area (Å²) in [4.78, 5) is 13.3. The molecule has 1 aromatic carbocycles. The van der Waals surface area contributed by atoms with Crippen molar-refractivity contribution in [3.8, 4) is 0 Å². The number of nitrogens with one attached hydrogen (secondary N) is 1. The summed E-state index contributed by atoms with van der Waals surface area (Å²) in [6.07, 6.45) is 2.08. The normalized spacial score (nSPS) is 9.88. The van der Waals surface area contributed by atoms with E-state index in [0.717, 1.165) is 18.5 Å². The van der Waals surface area contributed by atoms with Gasteiger partial charge in [-0.3, -0.25) is 4.90 Å². The zero-order valence-electron chi connectivity index (χ0n) is 9.86. The first kappa shape index (κ1) is 12.4. The number of unbranched alkanes of at least 4 members (excludes halogenated alkanes) is 1. The van der Waals surface area contributed by atoms with Crippen LogP contribution >= 0.6 is 0 Å². The van der Waals surface area contributed by atoms with Crippen molar-refractivity contribution in [2.24, 2.45) is 0 Å². The van der Waals surface area contributed by atoms with E-state index in [1.54, 1.807) is 24.1 Å². The lowest BCUT2D eigenvalue weighted by Crippen LogP contribution is -2.37. The first-order valence-corrected chi connectivity index (χ1v) is 5.52. The van der Waals surface area contributed by atoms with E-state index in [-0.39, 0.29) is 6.03 Å². The van der Waals surface area contributed by atoms with Crippen molar-refractivity contribution in [2.45, 2.75) is 19.8 Å². The van der Waals surface area contributed by atoms with Crippen LogP contribution in [0.3, 0.4) is 0 Å². The lowest BCUT2D eigenvalue weighted by molar-refractivity contribution is 0.247. The third kappa shape index (κ3) is 3.46. The Morgan fingerprint density at radius 1 is 1.38 bits per heavy atom. The van der Waals surface area contributed by atoms with E-state index >= 15 is 0 Å². The van der Waals surface area contributed by atoms with Crippen molar-refractivity contribution in [3.05, 3.63) is 24.3 Å². The van der Waals surface area contributed by atoms with Crippen molar-refractivity contribution in [1.29, 1.82) is 0 Å². The number of nitrogens with zero attached hydrogens (tertiary/aromatic N) is 1. The van der Waals surface area contributed by atoms with Crippen LogP contribution in [0.1, 0.15) is 19.8 Å². The quantitative estimate of drug-likeness (QED) is 0.605. The van der Waals surface area contributed by atoms with Gasteiger partial charge in [-0.2, -0.15) is 0 Å². The fourth-order valence-corrected chi connectivity index (χ4v) is 1.31. The lowest BCUT2D eigenvalue weighted by atomic mass is 10.3. The third-order valence-electron chi connectivity index (χ3n) is 2.39. The topological polar surface area (TPSA) is 58.4 Å². The molecule has 0 unspecified atom stereocenters. The molecule has 4 nitrogen and oxygen atoms in total. The predicted octanol–water partition coefficient (Wildman–Crippen LogP) is 2.21. The standard InChI is InChI=1S/C12H19N3O/c1-3-4-9-14-12(16)15(2)11-7-5-10(13)6-8-11/h5-8H,3-4,9,13H2,1-2H3,(H,14,16). The van der Waals surface area contributed by atoms with Crippen LogP contribution in [-0.2, 0) is 0 Å². The van der Waals surface area contributed by atoms with E-state index in [1.165, 1.54) is 0 Å². The zero-order chi connectivity index (χ0) is 12.0. The van der Waals surface area contributed by atoms with E-state index in [2.05, 4.69) is 12.2 Å². The Bertz CT molecular complexity index is 335. The molecule has 0 spiro atoms. The van der Waals surface area contributed by atoms with Crippen molar-refractivity contribution in [3.63, 3.8) is 0 Å². The number of anilines is 2. The van der Waals surface area contributed by atoms with E-state index in [1.807, 2.05) is 12.1 Å². The molecule has 2 amide bonds. The van der Waals surface area contributed by atoms with Gasteiger partial charge in [0.15, 0.2) is 0 Å². The molecule has 0 saturated carbocycles. The number of hydrogen-bond acceptors (Lipinski definition) is 2. The highest BCUT2D eigenvalue weighted by atomic mass is 16.2. The highest BCUT2D eigenvalue weighted by Crippen LogP contribution is 2.14. The molecular weight excluding hydrogens is 202 g/mol. The second-order valence-electron chi connectivity index (χ2n) is 3.74. The molecule has 0 saturated heterocycles. The summed E-state index contributed by atoms with van der Waals surface area (Å²) >= 11 is 0. The fourth-order valence-electron chi connectivity index (χ4n) is 1.31. The molecule has 0 aliphatic carbocycles. The second kappa shape index (κ2) is 6.00. The molecule has 0 aliphatic heterocycles. The fraction of sp³-hybridized carbons (Fsp3) is 0.417. The largest absolute Gasteiger partial charge is 0.399 e. The molecule has 0 bridgehead atoms. The Balaban J connectivity index is 2.53. The van der Waals surface area contributed by atoms with Crippen LogP contribution in [0.2, 0.25) is 0 Å². The molecule has 0 atom stereocenters. The van der Waals surface area contributed by atoms with Gasteiger partial charge in [-0.15, -0.1) is 0 Å². The Kier molecular flexibility index (Phi) is 4.64. The van der Waals surface area contributed by atoms with Crippen LogP contribution in [-0.4, -0.2) is 19.6 Å². The average Bonchev–Trinajstić information content (AvgIpc) is 2.29. The van der Waals surface area contributed by atoms with Crippen molar-refractivity contribution >= 4 is 17.4 Å². The summed E-state index contributed by atoms with van der Waals surface area (Å²) in [5, 5.41) is 2.85. The molecule has 3 N–H and O–H groups in total. The highest BCUT2D eigenvalue weighted by molar-refractivity contribution is 5.91. The lowest BCUT2D eigenvalue weighted by Gasteiger charge is -2.18. The molecule has 1 aromatic rings. The second-order valence-corrected chi connectivity index (χ2v) is 3.74. The summed E-state index contributed by atoms with van der Waals surface area (Å²) in [5.41, 5.74) is 7.12. The number of nitrogen functional groups attached to an aromatic ring is 1. The van der Waals surface area contributed by atoms with Gasteiger partial charge in [-0.25, -0.2) is 4.79 Å². The molecule has 0 heterocycles. The van der Waals surface area contributed by atoms with Gasteiger partial charge in [-0.1, -0.05) is 13.3 Å². The van der Waals surface area contributed by atoms with Crippen LogP contribution in [0, 0.1) is 0 Å². The van der Waals surface area contributed by atoms with Gasteiger partial charge >= 0.3 is 6.03 Å². The summed E-state index contributed by atoms with van der Waals surface area (Å²) in [6, 6.07) is 7.14. The Morgan fingerprint density at radius 2 is 2.00 bits per heavy atom. The minimum atomic E-state index is -0.0850. The SMILES string of the molecule is CCCCNC(=O)N(C)c1ccc(N)cc1. The first-order chi connectivity index (χ1) is 7.65. The maximum atomic E-state index is 11.7. The molecule has 0 fully saturated rings. The molecule has 4 heteroatoms. The third-order valence-corrected chi connectivity index (χ3v) is 2.39. The van der Waals surface area contributed by atoms with E-state index < -0.39 is 0 Å². The van der Waals surface area contributed by atoms with Gasteiger partial charge in [0.2, 0.25) is 0 Å². The van der Waals surface area contributed by atoms with Gasteiger partial charge < -0.3 is 11.1 Å². The molecule has 88 valence electrons. The Morgan fingerprint density at radius 3 is 2.56 bits per heavy atom. The molecular formula is C12H19N3O. The molecule has 16 heavy (non-hydrogen) atoms. The molecule has 0 radical (unpaired) electrons. The minimum absolute atomic E-state index is 0.0850. The zero-order valence-corrected chi connectivity index (χ0v) is 9.86. The molecule has 0 aliphatic rings. The highest BCUT2D eigenvalue weighted by Gasteiger charge is 2.08. The predicted molar refractivity (Wildman–Crippen MR) is 67.6 cm³/mol. The first-order valence-electron chi connectivity index (χ1n) is 5.52. The van der Waals surface area contributed by atoms with Gasteiger partial charge in [0.1, 0.15) is 0 Å². The maximum absolute atomic E-state index is 11.7. The van der Waals surface area contributed by atoms with Crippen molar-refractivity contribution < 1.29 is 4.79 Å². The minimum Gasteiger partial charge on any atom is -0.399 e. The monoisotopic (exact) mass is 221 g/mol. The van der Waals surface area contributed by atoms with E-state index in [4.69, 9.17) is 5.73 Å². The van der Waals surface area contributed by atoms with Crippen LogP contribution < -0.4 is 16.0 Å². The number of benzene rings is 1. The molecule has 1 rings (SSSR count). The number of amides is 2. The average molecular weight is 221 g/mol. The smallest absolute Gasteiger partial charge is 0.321 e. The summed E-state index contributed by atoms with van der Waals surface area (Å²) < 4.78 is 0. The molecule has 0 aromatic heterocycles. The number of urea groups is 1. The van der Waals surface area contributed by atoms with Crippen LogP contribution in [0.25, 0.3) is 0 Å². The number of nitrogens with two attached hydrogens (primary N) is 1. The van der Waals surface area contributed by atoms with Gasteiger partial charge in [-0.05, 0) is 30.7 Å². The number of hydrogen-bond donors (Lipinski definition) is 2. The van der Waals surface area contributed by atoms with Gasteiger partial charge in [0, 0.05) is 25.0 Å². The summed E-state index contributed by atoms with van der Waals surface area (Å²) in [7, 11) is 1.74. The van der Waals surface area contributed by atoms with Crippen LogP contribution in [0.5, 0.6) is 0 Å². The Hall–Kier alpha value is -1.71. The summed E-state index contributed by atoms with van der Waals surface area (Å²) in [5.74, 6) is 0. The number of carbonyl (C=O) groups excluding carboxylic acids is 1. The summed E-state index contributed by atoms with van der Waals surface area (Å²) in [6.45, 7) is 2.81. The van der Waals surface area contributed by atoms with Crippen LogP contribution in [0.15, 0.2) is 24.3 Å². The number of carbonyl (C=O) groups is 1.